The van der Waals surface area contributed by atoms with Crippen molar-refractivity contribution in [1.82, 2.24) is 5.32 Å². The summed E-state index contributed by atoms with van der Waals surface area (Å²) in [5.74, 6) is 0.552. The van der Waals surface area contributed by atoms with Crippen molar-refractivity contribution in [2.24, 2.45) is 23.7 Å². The minimum absolute atomic E-state index is 0.108. The van der Waals surface area contributed by atoms with Gasteiger partial charge in [-0.05, 0) is 63.5 Å². The van der Waals surface area contributed by atoms with Gasteiger partial charge in [-0.1, -0.05) is 27.7 Å². The van der Waals surface area contributed by atoms with Crippen molar-refractivity contribution in [1.29, 1.82) is 0 Å². The third-order valence-electron chi connectivity index (χ3n) is 7.17. The number of esters is 1. The molecule has 1 aromatic rings. The highest BCUT2D eigenvalue weighted by Crippen LogP contribution is 2.34. The summed E-state index contributed by atoms with van der Waals surface area (Å²) in [6.07, 6.45) is 0.759. The van der Waals surface area contributed by atoms with Crippen LogP contribution in [0.5, 0.6) is 11.5 Å². The standard InChI is InChI=1S/C31H50N2O8/c1-19(2)21(16-28(34)32-25-17-22(38-9)11-12-26(25)39-14-10-13-37-8)15-24(33-30(36)41-31(5,6)7)27-18-23(20(3)4)29(35)40-27/h11-12,17,19-21,23-24,27H,10,13-16,18H2,1-9H3,(H,32,34)(H,33,36)/t21-,23+,24+,27-/m1/s1. The molecule has 1 aromatic carbocycles. The fourth-order valence-corrected chi connectivity index (χ4v) is 4.79. The van der Waals surface area contributed by atoms with Gasteiger partial charge in [0.2, 0.25) is 5.91 Å². The molecule has 41 heavy (non-hydrogen) atoms. The smallest absolute Gasteiger partial charge is 0.408 e. The zero-order chi connectivity index (χ0) is 30.7. The normalized spacial score (nSPS) is 18.6. The number of carbonyl (C=O) groups is 3. The molecule has 0 unspecified atom stereocenters. The number of ether oxygens (including phenoxy) is 5. The third-order valence-corrected chi connectivity index (χ3v) is 7.17. The molecule has 1 heterocycles. The molecule has 0 bridgehead atoms. The Bertz CT molecular complexity index is 1000. The Morgan fingerprint density at radius 1 is 1.10 bits per heavy atom. The first-order valence-electron chi connectivity index (χ1n) is 14.5. The number of carbonyl (C=O) groups excluding carboxylic acids is 3. The minimum atomic E-state index is -0.682. The molecule has 0 radical (unpaired) electrons. The van der Waals surface area contributed by atoms with Crippen molar-refractivity contribution in [3.8, 4) is 11.5 Å². The van der Waals surface area contributed by atoms with Crippen LogP contribution in [-0.4, -0.2) is 63.1 Å². The van der Waals surface area contributed by atoms with Gasteiger partial charge in [0.1, 0.15) is 23.2 Å². The number of rotatable bonds is 15. The highest BCUT2D eigenvalue weighted by Gasteiger charge is 2.42. The number of anilines is 1. The molecule has 10 heteroatoms. The van der Waals surface area contributed by atoms with E-state index in [1.54, 1.807) is 53.2 Å². The molecule has 1 saturated heterocycles. The lowest BCUT2D eigenvalue weighted by Crippen LogP contribution is -2.47. The summed E-state index contributed by atoms with van der Waals surface area (Å²) in [5.41, 5.74) is -0.166. The molecule has 2 amide bonds. The number of alkyl carbamates (subject to hydrolysis) is 1. The van der Waals surface area contributed by atoms with Gasteiger partial charge in [-0.3, -0.25) is 9.59 Å². The van der Waals surface area contributed by atoms with E-state index in [-0.39, 0.29) is 42.0 Å². The zero-order valence-electron chi connectivity index (χ0n) is 26.2. The summed E-state index contributed by atoms with van der Waals surface area (Å²) in [5, 5.41) is 5.93. The molecule has 4 atom stereocenters. The molecule has 10 nitrogen and oxygen atoms in total. The topological polar surface area (TPSA) is 121 Å². The number of nitrogens with one attached hydrogen (secondary N) is 2. The predicted octanol–water partition coefficient (Wildman–Crippen LogP) is 5.58. The molecule has 2 N–H and O–H groups in total. The maximum Gasteiger partial charge on any atom is 0.408 e. The van der Waals surface area contributed by atoms with E-state index in [0.29, 0.717) is 49.7 Å². The quantitative estimate of drug-likeness (QED) is 0.204. The van der Waals surface area contributed by atoms with Crippen LogP contribution >= 0.6 is 0 Å². The molecule has 2 rings (SSSR count). The van der Waals surface area contributed by atoms with E-state index in [4.69, 9.17) is 23.7 Å². The fourth-order valence-electron chi connectivity index (χ4n) is 4.79. The Morgan fingerprint density at radius 2 is 1.80 bits per heavy atom. The Balaban J connectivity index is 2.20. The average molecular weight is 579 g/mol. The van der Waals surface area contributed by atoms with E-state index in [1.165, 1.54) is 0 Å². The van der Waals surface area contributed by atoms with Crippen LogP contribution in [0.15, 0.2) is 18.2 Å². The van der Waals surface area contributed by atoms with Gasteiger partial charge in [0, 0.05) is 32.6 Å². The number of cyclic esters (lactones) is 1. The van der Waals surface area contributed by atoms with E-state index in [1.807, 2.05) is 27.7 Å². The molecule has 0 aromatic heterocycles. The Morgan fingerprint density at radius 3 is 2.37 bits per heavy atom. The lowest BCUT2D eigenvalue weighted by molar-refractivity contribution is -0.146. The highest BCUT2D eigenvalue weighted by atomic mass is 16.6. The number of methoxy groups -OCH3 is 2. The summed E-state index contributed by atoms with van der Waals surface area (Å²) in [6, 6.07) is 4.76. The van der Waals surface area contributed by atoms with Crippen molar-refractivity contribution in [2.45, 2.75) is 91.9 Å². The zero-order valence-corrected chi connectivity index (χ0v) is 26.2. The summed E-state index contributed by atoms with van der Waals surface area (Å²) < 4.78 is 27.6. The number of hydrogen-bond donors (Lipinski definition) is 2. The van der Waals surface area contributed by atoms with Gasteiger partial charge in [0.25, 0.3) is 0 Å². The minimum Gasteiger partial charge on any atom is -0.497 e. The van der Waals surface area contributed by atoms with Gasteiger partial charge in [-0.2, -0.15) is 0 Å². The molecule has 232 valence electrons. The SMILES string of the molecule is COCCCOc1ccc(OC)cc1NC(=O)C[C@@H](C[C@H](NC(=O)OC(C)(C)C)[C@H]1C[C@@H](C(C)C)C(=O)O1)C(C)C. The second kappa shape index (κ2) is 15.8. The van der Waals surface area contributed by atoms with Crippen LogP contribution in [0.4, 0.5) is 10.5 Å². The van der Waals surface area contributed by atoms with Gasteiger partial charge >= 0.3 is 12.1 Å². The van der Waals surface area contributed by atoms with Gasteiger partial charge < -0.3 is 34.3 Å². The molecular weight excluding hydrogens is 528 g/mol. The van der Waals surface area contributed by atoms with Crippen molar-refractivity contribution < 1.29 is 38.1 Å². The highest BCUT2D eigenvalue weighted by molar-refractivity contribution is 5.92. The number of benzene rings is 1. The van der Waals surface area contributed by atoms with Crippen LogP contribution in [0.2, 0.25) is 0 Å². The number of amides is 2. The van der Waals surface area contributed by atoms with Crippen LogP contribution in [0.25, 0.3) is 0 Å². The Labute approximate surface area is 245 Å². The average Bonchev–Trinajstić information content (AvgIpc) is 3.27. The third kappa shape index (κ3) is 11.4. The predicted molar refractivity (Wildman–Crippen MR) is 157 cm³/mol. The first-order chi connectivity index (χ1) is 19.2. The first kappa shape index (κ1) is 34.2. The van der Waals surface area contributed by atoms with E-state index >= 15 is 0 Å². The lowest BCUT2D eigenvalue weighted by Gasteiger charge is -2.31. The largest absolute Gasteiger partial charge is 0.497 e. The van der Waals surface area contributed by atoms with Crippen LogP contribution in [0.1, 0.15) is 74.1 Å². The van der Waals surface area contributed by atoms with Crippen LogP contribution in [0, 0.1) is 23.7 Å². The van der Waals surface area contributed by atoms with E-state index < -0.39 is 23.8 Å². The van der Waals surface area contributed by atoms with E-state index in [9.17, 15) is 14.4 Å². The molecule has 0 spiro atoms. The second-order valence-corrected chi connectivity index (χ2v) is 12.4. The maximum atomic E-state index is 13.3. The van der Waals surface area contributed by atoms with Crippen molar-refractivity contribution in [2.75, 3.05) is 32.8 Å². The second-order valence-electron chi connectivity index (χ2n) is 12.4. The fraction of sp³-hybridized carbons (Fsp3) is 0.710. The Kier molecular flexibility index (Phi) is 13.2. The van der Waals surface area contributed by atoms with Gasteiger partial charge in [-0.15, -0.1) is 0 Å². The summed E-state index contributed by atoms with van der Waals surface area (Å²) >= 11 is 0. The van der Waals surface area contributed by atoms with Gasteiger partial charge in [0.05, 0.1) is 31.4 Å². The molecule has 0 saturated carbocycles. The summed E-state index contributed by atoms with van der Waals surface area (Å²) in [7, 11) is 3.20. The van der Waals surface area contributed by atoms with Crippen molar-refractivity contribution >= 4 is 23.7 Å². The van der Waals surface area contributed by atoms with Gasteiger partial charge in [-0.25, -0.2) is 4.79 Å². The summed E-state index contributed by atoms with van der Waals surface area (Å²) in [6.45, 7) is 14.4. The van der Waals surface area contributed by atoms with E-state index in [2.05, 4.69) is 10.6 Å². The van der Waals surface area contributed by atoms with Crippen LogP contribution in [-0.2, 0) is 23.8 Å². The number of hydrogen-bond acceptors (Lipinski definition) is 8. The van der Waals surface area contributed by atoms with Crippen molar-refractivity contribution in [3.63, 3.8) is 0 Å². The monoisotopic (exact) mass is 578 g/mol. The van der Waals surface area contributed by atoms with E-state index in [0.717, 1.165) is 0 Å². The molecule has 1 fully saturated rings. The molecular formula is C31H50N2O8. The Hall–Kier alpha value is -3.01. The van der Waals surface area contributed by atoms with Crippen LogP contribution in [0.3, 0.4) is 0 Å². The summed E-state index contributed by atoms with van der Waals surface area (Å²) in [4.78, 5) is 38.7. The molecule has 1 aliphatic rings. The lowest BCUT2D eigenvalue weighted by atomic mass is 9.83. The van der Waals surface area contributed by atoms with Crippen molar-refractivity contribution in [3.05, 3.63) is 18.2 Å². The van der Waals surface area contributed by atoms with Gasteiger partial charge in [0.15, 0.2) is 0 Å². The molecule has 0 aliphatic carbocycles. The van der Waals surface area contributed by atoms with Crippen LogP contribution < -0.4 is 20.1 Å². The molecule has 1 aliphatic heterocycles. The maximum absolute atomic E-state index is 13.3. The first-order valence-corrected chi connectivity index (χ1v) is 14.5.